The summed E-state index contributed by atoms with van der Waals surface area (Å²) in [4.78, 5) is 28.7. The predicted molar refractivity (Wildman–Crippen MR) is 104 cm³/mol. The molecule has 0 bridgehead atoms. The molecule has 25 heavy (non-hydrogen) atoms. The van der Waals surface area contributed by atoms with E-state index in [2.05, 4.69) is 26.0 Å². The molecule has 2 fully saturated rings. The summed E-state index contributed by atoms with van der Waals surface area (Å²) in [5.41, 5.74) is 2.19. The molecular formula is C20H28N2O2S. The van der Waals surface area contributed by atoms with E-state index in [0.717, 1.165) is 50.9 Å². The van der Waals surface area contributed by atoms with Crippen LogP contribution in [0.4, 0.5) is 5.69 Å². The van der Waals surface area contributed by atoms with Gasteiger partial charge in [-0.25, -0.2) is 0 Å². The lowest BCUT2D eigenvalue weighted by molar-refractivity contribution is -0.132. The average molecular weight is 361 g/mol. The van der Waals surface area contributed by atoms with Crippen molar-refractivity contribution in [2.75, 3.05) is 23.7 Å². The number of nitrogens with zero attached hydrogens (tertiary/aromatic N) is 2. The number of aryl methyl sites for hydroxylation is 1. The van der Waals surface area contributed by atoms with Crippen molar-refractivity contribution in [1.82, 2.24) is 4.90 Å². The van der Waals surface area contributed by atoms with E-state index in [1.54, 1.807) is 11.8 Å². The van der Waals surface area contributed by atoms with Crippen molar-refractivity contribution in [3.05, 3.63) is 29.8 Å². The molecule has 5 heteroatoms. The van der Waals surface area contributed by atoms with E-state index in [0.29, 0.717) is 12.2 Å². The molecule has 0 atom stereocenters. The van der Waals surface area contributed by atoms with Gasteiger partial charge in [0.1, 0.15) is 0 Å². The van der Waals surface area contributed by atoms with Crippen LogP contribution in [0.2, 0.25) is 0 Å². The number of unbranched alkanes of at least 4 members (excludes halogenated alkanes) is 2. The topological polar surface area (TPSA) is 40.6 Å². The number of carbonyl (C=O) groups excluding carboxylic acids is 2. The molecule has 0 N–H and O–H groups in total. The molecule has 0 radical (unpaired) electrons. The largest absolute Gasteiger partial charge is 0.342 e. The molecule has 1 aromatic carbocycles. The van der Waals surface area contributed by atoms with Crippen molar-refractivity contribution in [2.24, 2.45) is 0 Å². The van der Waals surface area contributed by atoms with Gasteiger partial charge in [0.2, 0.25) is 11.8 Å². The lowest BCUT2D eigenvalue weighted by atomic mass is 10.00. The van der Waals surface area contributed by atoms with Crippen LogP contribution in [0, 0.1) is 6.92 Å². The third-order valence-electron chi connectivity index (χ3n) is 5.31. The highest BCUT2D eigenvalue weighted by molar-refractivity contribution is 8.02. The number of piperidine rings is 1. The SMILES string of the molecule is CCCCCC(=O)N1CCC2(CC1)SCC(=O)N2c1ccc(C)cc1. The van der Waals surface area contributed by atoms with Crippen molar-refractivity contribution >= 4 is 29.3 Å². The van der Waals surface area contributed by atoms with Gasteiger partial charge in [0, 0.05) is 25.2 Å². The maximum Gasteiger partial charge on any atom is 0.238 e. The van der Waals surface area contributed by atoms with E-state index in [1.165, 1.54) is 5.56 Å². The Balaban J connectivity index is 1.67. The maximum atomic E-state index is 12.5. The molecule has 3 rings (SSSR count). The van der Waals surface area contributed by atoms with Gasteiger partial charge in [0.15, 0.2) is 0 Å². The van der Waals surface area contributed by atoms with E-state index in [1.807, 2.05) is 21.9 Å². The van der Waals surface area contributed by atoms with Crippen LogP contribution < -0.4 is 4.90 Å². The van der Waals surface area contributed by atoms with Crippen LogP contribution in [0.3, 0.4) is 0 Å². The van der Waals surface area contributed by atoms with Crippen LogP contribution in [0.15, 0.2) is 24.3 Å². The zero-order valence-electron chi connectivity index (χ0n) is 15.3. The Morgan fingerprint density at radius 1 is 1.16 bits per heavy atom. The second-order valence-electron chi connectivity index (χ2n) is 7.14. The summed E-state index contributed by atoms with van der Waals surface area (Å²) in [6.45, 7) is 5.73. The fourth-order valence-electron chi connectivity index (χ4n) is 3.78. The summed E-state index contributed by atoms with van der Waals surface area (Å²) in [5.74, 6) is 1.01. The Bertz CT molecular complexity index is 621. The van der Waals surface area contributed by atoms with Gasteiger partial charge < -0.3 is 4.90 Å². The van der Waals surface area contributed by atoms with E-state index >= 15 is 0 Å². The average Bonchev–Trinajstić information content (AvgIpc) is 2.93. The molecular weight excluding hydrogens is 332 g/mol. The fraction of sp³-hybridized carbons (Fsp3) is 0.600. The van der Waals surface area contributed by atoms with Crippen molar-refractivity contribution in [3.8, 4) is 0 Å². The Kier molecular flexibility index (Phi) is 5.72. The highest BCUT2D eigenvalue weighted by atomic mass is 32.2. The Morgan fingerprint density at radius 3 is 2.48 bits per heavy atom. The highest BCUT2D eigenvalue weighted by Gasteiger charge is 2.48. The zero-order valence-corrected chi connectivity index (χ0v) is 16.1. The van der Waals surface area contributed by atoms with E-state index in [4.69, 9.17) is 0 Å². The highest BCUT2D eigenvalue weighted by Crippen LogP contribution is 2.46. The molecule has 0 unspecified atom stereocenters. The summed E-state index contributed by atoms with van der Waals surface area (Å²) < 4.78 is 0. The summed E-state index contributed by atoms with van der Waals surface area (Å²) in [6.07, 6.45) is 5.62. The van der Waals surface area contributed by atoms with Gasteiger partial charge >= 0.3 is 0 Å². The van der Waals surface area contributed by atoms with Crippen LogP contribution in [0.1, 0.15) is 51.0 Å². The predicted octanol–water partition coefficient (Wildman–Crippen LogP) is 3.97. The number of anilines is 1. The molecule has 2 aliphatic rings. The van der Waals surface area contributed by atoms with Gasteiger partial charge in [-0.05, 0) is 38.3 Å². The van der Waals surface area contributed by atoms with Crippen LogP contribution in [0.25, 0.3) is 0 Å². The van der Waals surface area contributed by atoms with Gasteiger partial charge in [0.25, 0.3) is 0 Å². The van der Waals surface area contributed by atoms with Crippen molar-refractivity contribution in [2.45, 2.75) is 57.2 Å². The van der Waals surface area contributed by atoms with E-state index in [-0.39, 0.29) is 16.7 Å². The number of rotatable bonds is 5. The fourth-order valence-corrected chi connectivity index (χ4v) is 5.11. The number of amides is 2. The minimum atomic E-state index is -0.174. The van der Waals surface area contributed by atoms with Crippen molar-refractivity contribution in [3.63, 3.8) is 0 Å². The van der Waals surface area contributed by atoms with Crippen LogP contribution >= 0.6 is 11.8 Å². The number of carbonyl (C=O) groups is 2. The molecule has 4 nitrogen and oxygen atoms in total. The minimum Gasteiger partial charge on any atom is -0.342 e. The summed E-state index contributed by atoms with van der Waals surface area (Å²) in [6, 6.07) is 8.21. The Hall–Kier alpha value is -1.49. The van der Waals surface area contributed by atoms with Gasteiger partial charge in [-0.15, -0.1) is 11.8 Å². The zero-order chi connectivity index (χ0) is 17.9. The Labute approximate surface area is 154 Å². The molecule has 2 heterocycles. The van der Waals surface area contributed by atoms with Crippen molar-refractivity contribution in [1.29, 1.82) is 0 Å². The standard InChI is InChI=1S/C20H28N2O2S/c1-3-4-5-6-18(23)21-13-11-20(12-14-21)22(19(24)15-25-20)17-9-7-16(2)8-10-17/h7-10H,3-6,11-15H2,1-2H3. The first kappa shape index (κ1) is 18.3. The maximum absolute atomic E-state index is 12.5. The molecule has 0 saturated carbocycles. The van der Waals surface area contributed by atoms with E-state index in [9.17, 15) is 9.59 Å². The van der Waals surface area contributed by atoms with Gasteiger partial charge in [-0.3, -0.25) is 14.5 Å². The number of benzene rings is 1. The summed E-state index contributed by atoms with van der Waals surface area (Å²) in [5, 5.41) is 0. The summed E-state index contributed by atoms with van der Waals surface area (Å²) in [7, 11) is 0. The van der Waals surface area contributed by atoms with E-state index < -0.39 is 0 Å². The molecule has 2 saturated heterocycles. The number of hydrogen-bond donors (Lipinski definition) is 0. The quantitative estimate of drug-likeness (QED) is 0.746. The van der Waals surface area contributed by atoms with Crippen LogP contribution in [-0.2, 0) is 9.59 Å². The van der Waals surface area contributed by atoms with Gasteiger partial charge in [-0.1, -0.05) is 37.5 Å². The Morgan fingerprint density at radius 2 is 1.84 bits per heavy atom. The van der Waals surface area contributed by atoms with Crippen molar-refractivity contribution < 1.29 is 9.59 Å². The second-order valence-corrected chi connectivity index (χ2v) is 8.47. The second kappa shape index (κ2) is 7.81. The first-order chi connectivity index (χ1) is 12.1. The number of thioether (sulfide) groups is 1. The normalized spacial score (nSPS) is 19.7. The molecule has 2 aliphatic heterocycles. The molecule has 1 aromatic rings. The first-order valence-electron chi connectivity index (χ1n) is 9.37. The summed E-state index contributed by atoms with van der Waals surface area (Å²) >= 11 is 1.75. The molecule has 0 aliphatic carbocycles. The lowest BCUT2D eigenvalue weighted by Gasteiger charge is -2.44. The van der Waals surface area contributed by atoms with Crippen LogP contribution in [0.5, 0.6) is 0 Å². The van der Waals surface area contributed by atoms with Gasteiger partial charge in [0.05, 0.1) is 10.6 Å². The molecule has 0 aromatic heterocycles. The number of likely N-dealkylation sites (tertiary alicyclic amines) is 1. The first-order valence-corrected chi connectivity index (χ1v) is 10.4. The molecule has 2 amide bonds. The monoisotopic (exact) mass is 360 g/mol. The van der Waals surface area contributed by atoms with Crippen LogP contribution in [-0.4, -0.2) is 40.4 Å². The third kappa shape index (κ3) is 3.86. The molecule has 136 valence electrons. The minimum absolute atomic E-state index is 0.174. The number of hydrogen-bond acceptors (Lipinski definition) is 3. The third-order valence-corrected chi connectivity index (χ3v) is 6.82. The molecule has 1 spiro atoms. The lowest BCUT2D eigenvalue weighted by Crippen LogP contribution is -2.53. The van der Waals surface area contributed by atoms with Gasteiger partial charge in [-0.2, -0.15) is 0 Å². The smallest absolute Gasteiger partial charge is 0.238 e.